The number of aryl methyl sites for hydroxylation is 1. The number of aliphatic carboxylic acids is 1. The summed E-state index contributed by atoms with van der Waals surface area (Å²) in [6.45, 7) is 5.81. The van der Waals surface area contributed by atoms with Gasteiger partial charge in [0.1, 0.15) is 5.75 Å². The van der Waals surface area contributed by atoms with Crippen LogP contribution in [0.5, 0.6) is 5.75 Å². The molecule has 1 atom stereocenters. The number of nitrogens with one attached hydrogen (secondary N) is 1. The van der Waals surface area contributed by atoms with Crippen molar-refractivity contribution in [2.45, 2.75) is 45.9 Å². The second-order valence-electron chi connectivity index (χ2n) is 8.61. The fourth-order valence-electron chi connectivity index (χ4n) is 3.73. The van der Waals surface area contributed by atoms with Crippen LogP contribution in [0.2, 0.25) is 5.02 Å². The van der Waals surface area contributed by atoms with Gasteiger partial charge in [0, 0.05) is 18.5 Å². The summed E-state index contributed by atoms with van der Waals surface area (Å²) >= 11 is 6.44. The molecule has 35 heavy (non-hydrogen) atoms. The highest BCUT2D eigenvalue weighted by molar-refractivity contribution is 6.34. The normalized spacial score (nSPS) is 11.8. The van der Waals surface area contributed by atoms with Crippen molar-refractivity contribution in [1.82, 2.24) is 5.32 Å². The highest BCUT2D eigenvalue weighted by Crippen LogP contribution is 2.27. The third kappa shape index (κ3) is 7.07. The van der Waals surface area contributed by atoms with Crippen LogP contribution in [-0.4, -0.2) is 36.3 Å². The van der Waals surface area contributed by atoms with Gasteiger partial charge >= 0.3 is 5.97 Å². The Bertz CT molecular complexity index is 1190. The van der Waals surface area contributed by atoms with Gasteiger partial charge in [-0.15, -0.1) is 0 Å². The van der Waals surface area contributed by atoms with Crippen LogP contribution in [0.25, 0.3) is 11.1 Å². The minimum absolute atomic E-state index is 0.189. The van der Waals surface area contributed by atoms with Crippen LogP contribution in [0.4, 0.5) is 0 Å². The molecule has 0 saturated carbocycles. The highest BCUT2D eigenvalue weighted by atomic mass is 35.5. The number of carbonyl (C=O) groups excluding carboxylic acids is 1. The number of halogens is 1. The highest BCUT2D eigenvalue weighted by Gasteiger charge is 2.21. The monoisotopic (exact) mass is 495 g/mol. The fourth-order valence-corrected chi connectivity index (χ4v) is 4.00. The van der Waals surface area contributed by atoms with Gasteiger partial charge in [0.15, 0.2) is 6.10 Å². The van der Waals surface area contributed by atoms with E-state index in [1.807, 2.05) is 43.3 Å². The van der Waals surface area contributed by atoms with Gasteiger partial charge in [-0.25, -0.2) is 4.79 Å². The van der Waals surface area contributed by atoms with E-state index in [1.54, 1.807) is 45.2 Å². The Kier molecular flexibility index (Phi) is 8.90. The number of carboxylic acids is 1. The van der Waals surface area contributed by atoms with Crippen LogP contribution in [0, 0.1) is 6.92 Å². The Balaban J connectivity index is 1.73. The molecule has 3 aromatic carbocycles. The summed E-state index contributed by atoms with van der Waals surface area (Å²) in [5, 5.41) is 12.7. The number of ether oxygens (including phenoxy) is 2. The summed E-state index contributed by atoms with van der Waals surface area (Å²) in [7, 11) is 1.54. The number of rotatable bonds is 10. The molecule has 0 aliphatic heterocycles. The van der Waals surface area contributed by atoms with E-state index >= 15 is 0 Å². The molecule has 1 amide bonds. The number of carbonyl (C=O) groups is 2. The van der Waals surface area contributed by atoms with Crippen LogP contribution in [-0.2, 0) is 22.5 Å². The molecule has 3 rings (SSSR count). The average Bonchev–Trinajstić information content (AvgIpc) is 2.82. The van der Waals surface area contributed by atoms with E-state index in [4.69, 9.17) is 21.1 Å². The van der Waals surface area contributed by atoms with Gasteiger partial charge in [0.25, 0.3) is 5.91 Å². The van der Waals surface area contributed by atoms with E-state index in [0.29, 0.717) is 16.3 Å². The molecule has 3 aromatic rings. The van der Waals surface area contributed by atoms with E-state index in [0.717, 1.165) is 22.3 Å². The zero-order chi connectivity index (χ0) is 25.5. The van der Waals surface area contributed by atoms with Crippen molar-refractivity contribution >= 4 is 23.5 Å². The van der Waals surface area contributed by atoms with Crippen LogP contribution >= 0.6 is 11.6 Å². The van der Waals surface area contributed by atoms with Gasteiger partial charge in [-0.2, -0.15) is 0 Å². The van der Waals surface area contributed by atoms with Gasteiger partial charge < -0.3 is 19.9 Å². The minimum atomic E-state index is -1.02. The summed E-state index contributed by atoms with van der Waals surface area (Å²) < 4.78 is 10.9. The lowest BCUT2D eigenvalue weighted by Gasteiger charge is -2.18. The lowest BCUT2D eigenvalue weighted by atomic mass is 10.0. The summed E-state index contributed by atoms with van der Waals surface area (Å²) in [6.07, 6.45) is -0.975. The zero-order valence-electron chi connectivity index (χ0n) is 20.3. The largest absolute Gasteiger partial charge is 0.496 e. The van der Waals surface area contributed by atoms with Crippen LogP contribution < -0.4 is 10.1 Å². The average molecular weight is 496 g/mol. The summed E-state index contributed by atoms with van der Waals surface area (Å²) in [5.74, 6) is -0.746. The molecule has 0 radical (unpaired) electrons. The van der Waals surface area contributed by atoms with Crippen molar-refractivity contribution in [3.8, 4) is 16.9 Å². The van der Waals surface area contributed by atoms with Gasteiger partial charge in [-0.05, 0) is 55.7 Å². The molecule has 0 bridgehead atoms. The number of methoxy groups -OCH3 is 1. The molecular weight excluding hydrogens is 466 g/mol. The predicted octanol–water partition coefficient (Wildman–Crippen LogP) is 5.67. The van der Waals surface area contributed by atoms with Crippen molar-refractivity contribution in [2.24, 2.45) is 0 Å². The molecule has 0 heterocycles. The van der Waals surface area contributed by atoms with E-state index in [2.05, 4.69) is 5.32 Å². The molecule has 0 aromatic heterocycles. The first kappa shape index (κ1) is 26.3. The number of amides is 1. The van der Waals surface area contributed by atoms with Crippen LogP contribution in [0.3, 0.4) is 0 Å². The van der Waals surface area contributed by atoms with Gasteiger partial charge in [0.2, 0.25) is 0 Å². The molecule has 1 unspecified atom stereocenters. The summed E-state index contributed by atoms with van der Waals surface area (Å²) in [6, 6.07) is 18.8. The Labute approximate surface area is 210 Å². The van der Waals surface area contributed by atoms with Gasteiger partial charge in [-0.3, -0.25) is 4.79 Å². The molecule has 184 valence electrons. The smallest absolute Gasteiger partial charge is 0.333 e. The van der Waals surface area contributed by atoms with E-state index in [-0.39, 0.29) is 25.0 Å². The minimum Gasteiger partial charge on any atom is -0.496 e. The molecule has 0 spiro atoms. The Morgan fingerprint density at radius 1 is 1.00 bits per heavy atom. The zero-order valence-corrected chi connectivity index (χ0v) is 21.1. The van der Waals surface area contributed by atoms with Crippen molar-refractivity contribution < 1.29 is 24.2 Å². The third-order valence-electron chi connectivity index (χ3n) is 5.52. The fraction of sp³-hybridized carbons (Fsp3) is 0.286. The second kappa shape index (κ2) is 11.9. The van der Waals surface area contributed by atoms with E-state index in [1.165, 1.54) is 5.56 Å². The van der Waals surface area contributed by atoms with E-state index < -0.39 is 12.1 Å². The maximum atomic E-state index is 12.9. The van der Waals surface area contributed by atoms with Gasteiger partial charge in [-0.1, -0.05) is 59.6 Å². The molecule has 0 aliphatic rings. The second-order valence-corrected chi connectivity index (χ2v) is 9.01. The van der Waals surface area contributed by atoms with Crippen molar-refractivity contribution in [1.29, 1.82) is 0 Å². The van der Waals surface area contributed by atoms with E-state index in [9.17, 15) is 14.7 Å². The van der Waals surface area contributed by atoms with Crippen LogP contribution in [0.1, 0.15) is 40.9 Å². The van der Waals surface area contributed by atoms with Crippen molar-refractivity contribution in [2.75, 3.05) is 7.11 Å². The summed E-state index contributed by atoms with van der Waals surface area (Å²) in [5.41, 5.74) is 4.97. The molecule has 0 saturated heterocycles. The molecule has 7 heteroatoms. The quantitative estimate of drug-likeness (QED) is 0.378. The summed E-state index contributed by atoms with van der Waals surface area (Å²) in [4.78, 5) is 24.4. The Morgan fingerprint density at radius 3 is 2.29 bits per heavy atom. The third-order valence-corrected chi connectivity index (χ3v) is 5.83. The Morgan fingerprint density at radius 2 is 1.69 bits per heavy atom. The first-order valence-corrected chi connectivity index (χ1v) is 11.7. The molecular formula is C28H30ClNO5. The van der Waals surface area contributed by atoms with Crippen molar-refractivity contribution in [3.63, 3.8) is 0 Å². The first-order valence-electron chi connectivity index (χ1n) is 11.4. The van der Waals surface area contributed by atoms with Crippen LogP contribution in [0.15, 0.2) is 60.7 Å². The molecule has 2 N–H and O–H groups in total. The molecule has 0 aliphatic carbocycles. The number of benzene rings is 3. The predicted molar refractivity (Wildman–Crippen MR) is 137 cm³/mol. The number of carboxylic acid groups (broad SMARTS) is 1. The number of hydrogen-bond acceptors (Lipinski definition) is 4. The molecule has 6 nitrogen and oxygen atoms in total. The maximum absolute atomic E-state index is 12.9. The molecule has 0 fully saturated rings. The SMILES string of the molecule is COc1ccc(CC(OC(C)C)C(=O)O)cc1CNC(=O)c1ccc(-c2ccc(C)cc2)cc1Cl. The lowest BCUT2D eigenvalue weighted by molar-refractivity contribution is -0.153. The van der Waals surface area contributed by atoms with Crippen molar-refractivity contribution in [3.05, 3.63) is 87.9 Å². The first-order chi connectivity index (χ1) is 16.7. The lowest BCUT2D eigenvalue weighted by Crippen LogP contribution is -2.29. The standard InChI is InChI=1S/C28H30ClNO5/c1-17(2)35-26(28(32)33)14-19-7-12-25(34-4)22(13-19)16-30-27(31)23-11-10-21(15-24(23)29)20-8-5-18(3)6-9-20/h5-13,15,17,26H,14,16H2,1-4H3,(H,30,31)(H,32,33). The number of hydrogen-bond donors (Lipinski definition) is 2. The topological polar surface area (TPSA) is 84.9 Å². The van der Waals surface area contributed by atoms with Gasteiger partial charge in [0.05, 0.1) is 23.8 Å². The maximum Gasteiger partial charge on any atom is 0.333 e. The Hall–Kier alpha value is -3.35.